The molecule has 0 unspecified atom stereocenters. The average Bonchev–Trinajstić information content (AvgIpc) is 3.97. The molecular weight excluding hydrogens is 1010 g/mol. The molecule has 7 aromatic rings. The number of nitrogens with zero attached hydrogens (tertiary/aromatic N) is 7. The fourth-order valence-electron chi connectivity index (χ4n) is 7.96. The van der Waals surface area contributed by atoms with E-state index in [1.807, 2.05) is 30.3 Å². The number of tetrazole rings is 1. The van der Waals surface area contributed by atoms with E-state index < -0.39 is 54.7 Å². The van der Waals surface area contributed by atoms with Crippen LogP contribution in [0.2, 0.25) is 25.7 Å². The third-order valence-electron chi connectivity index (χ3n) is 11.9. The summed E-state index contributed by atoms with van der Waals surface area (Å²) in [5.74, 6) is 2.59. The van der Waals surface area contributed by atoms with Gasteiger partial charge < -0.3 is 23.8 Å². The van der Waals surface area contributed by atoms with Crippen molar-refractivity contribution in [2.24, 2.45) is 0 Å². The van der Waals surface area contributed by atoms with Gasteiger partial charge >= 0.3 is 6.09 Å². The first-order chi connectivity index (χ1) is 34.1. The molecule has 0 bridgehead atoms. The Morgan fingerprint density at radius 2 is 1.35 bits per heavy atom. The number of hydrogen-bond donors (Lipinski definition) is 0. The van der Waals surface area contributed by atoms with Crippen LogP contribution in [0.25, 0.3) is 32.7 Å². The van der Waals surface area contributed by atoms with E-state index in [4.69, 9.17) is 29.0 Å². The minimum absolute atomic E-state index is 0.0664. The van der Waals surface area contributed by atoms with Gasteiger partial charge in [0, 0.05) is 39.8 Å². The first-order valence-corrected chi connectivity index (χ1v) is 31.7. The van der Waals surface area contributed by atoms with Gasteiger partial charge in [0.25, 0.3) is 0 Å². The molecule has 3 heterocycles. The summed E-state index contributed by atoms with van der Waals surface area (Å²) in [4.78, 5) is 19.9. The Kier molecular flexibility index (Phi) is 15.5. The summed E-state index contributed by atoms with van der Waals surface area (Å²) < 4.78 is 88.2. The number of para-hydroxylation sites is 1. The molecule has 1 amide bonds. The van der Waals surface area contributed by atoms with Gasteiger partial charge in [0.15, 0.2) is 14.2 Å². The van der Waals surface area contributed by atoms with Crippen molar-refractivity contribution < 1.29 is 40.6 Å². The van der Waals surface area contributed by atoms with Crippen LogP contribution < -0.4 is 14.2 Å². The average molecular weight is 1070 g/mol. The number of thiazole rings is 1. The molecule has 1 saturated heterocycles. The summed E-state index contributed by atoms with van der Waals surface area (Å²) in [6, 6.07) is 31.1. The number of likely N-dealkylation sites (tertiary alicyclic amines) is 1. The van der Waals surface area contributed by atoms with Crippen molar-refractivity contribution in [3.63, 3.8) is 0 Å². The highest BCUT2D eigenvalue weighted by atomic mass is 32.2. The highest BCUT2D eigenvalue weighted by Gasteiger charge is 2.46. The molecule has 16 nitrogen and oxygen atoms in total. The Hall–Kier alpha value is -5.84. The van der Waals surface area contributed by atoms with Gasteiger partial charge in [-0.1, -0.05) is 86.0 Å². The van der Waals surface area contributed by atoms with E-state index in [2.05, 4.69) is 30.0 Å². The number of aromatic nitrogens is 5. The van der Waals surface area contributed by atoms with Crippen LogP contribution in [0.1, 0.15) is 37.5 Å². The number of sulfone groups is 1. The number of methoxy groups -OCH3 is 3. The van der Waals surface area contributed by atoms with Crippen LogP contribution in [-0.2, 0) is 44.2 Å². The lowest BCUT2D eigenvalue weighted by atomic mass is 9.98. The fourth-order valence-corrected chi connectivity index (χ4v) is 16.7. The lowest BCUT2D eigenvalue weighted by molar-refractivity contribution is 0.0139. The summed E-state index contributed by atoms with van der Waals surface area (Å²) in [5.41, 5.74) is 2.64. The van der Waals surface area contributed by atoms with Gasteiger partial charge in [-0.15, -0.1) is 21.5 Å². The SMILES string of the molecule is COc1ccc(CN(Cc2ccc(OC)cc2)S(=O)(=O)c2c(S(=O)(=O)C3CN(C(=O)OC(C)(C)C)C3)ccc(-c3cccc4sc(SCC[Si](C)(C)C)nc34)c2-c2nnn(Cc3ccc(OC)cc3)n2)cc1. The van der Waals surface area contributed by atoms with Crippen LogP contribution in [0.3, 0.4) is 0 Å². The summed E-state index contributed by atoms with van der Waals surface area (Å²) in [6.07, 6.45) is -0.671. The monoisotopic (exact) mass is 1070 g/mol. The first-order valence-electron chi connectivity index (χ1n) is 23.2. The van der Waals surface area contributed by atoms with E-state index in [0.717, 1.165) is 26.4 Å². The maximum atomic E-state index is 16.3. The van der Waals surface area contributed by atoms with Gasteiger partial charge in [-0.3, -0.25) is 0 Å². The van der Waals surface area contributed by atoms with Crippen molar-refractivity contribution in [2.75, 3.05) is 40.2 Å². The molecule has 2 aromatic heterocycles. The summed E-state index contributed by atoms with van der Waals surface area (Å²) in [6.45, 7) is 11.5. The number of benzene rings is 5. The van der Waals surface area contributed by atoms with Gasteiger partial charge in [-0.2, -0.15) is 9.10 Å². The quantitative estimate of drug-likeness (QED) is 0.0550. The van der Waals surface area contributed by atoms with E-state index in [1.165, 1.54) is 20.1 Å². The van der Waals surface area contributed by atoms with Crippen molar-refractivity contribution in [3.05, 3.63) is 120 Å². The standard InChI is InChI=1S/C51H59N7O9S4Si/c1-51(2,3)67-50(59)56-32-40(33-56)70(60,61)44-26-25-41(42-11-10-12-43-46(42)52-49(69-43)68-27-28-72(7,8)9)45(48-53-55-58(54-48)31-36-17-23-39(66-6)24-18-36)47(44)71(62,63)57(29-34-13-19-37(64-4)20-14-34)30-35-15-21-38(65-5)22-16-35/h10-26,40H,27-33H2,1-9H3. The Bertz CT molecular complexity index is 3230. The zero-order chi connectivity index (χ0) is 51.6. The largest absolute Gasteiger partial charge is 0.497 e. The lowest BCUT2D eigenvalue weighted by Crippen LogP contribution is -2.57. The third kappa shape index (κ3) is 12.0. The van der Waals surface area contributed by atoms with E-state index >= 15 is 16.8 Å². The van der Waals surface area contributed by atoms with Gasteiger partial charge in [0.05, 0.1) is 48.5 Å². The van der Waals surface area contributed by atoms with Gasteiger partial charge in [-0.25, -0.2) is 26.6 Å². The first kappa shape index (κ1) is 52.5. The van der Waals surface area contributed by atoms with E-state index in [1.54, 1.807) is 132 Å². The van der Waals surface area contributed by atoms with Crippen molar-refractivity contribution >= 4 is 67.3 Å². The molecule has 0 spiro atoms. The Morgan fingerprint density at radius 3 is 1.89 bits per heavy atom. The maximum Gasteiger partial charge on any atom is 0.410 e. The lowest BCUT2D eigenvalue weighted by Gasteiger charge is -2.39. The molecule has 0 radical (unpaired) electrons. The number of rotatable bonds is 19. The number of ether oxygens (including phenoxy) is 4. The molecule has 1 aliphatic rings. The molecule has 21 heteroatoms. The Morgan fingerprint density at radius 1 is 0.778 bits per heavy atom. The van der Waals surface area contributed by atoms with Crippen molar-refractivity contribution in [1.29, 1.82) is 0 Å². The highest BCUT2D eigenvalue weighted by molar-refractivity contribution is 8.01. The van der Waals surface area contributed by atoms with Crippen molar-refractivity contribution in [2.45, 2.75) is 91.1 Å². The van der Waals surface area contributed by atoms with Gasteiger partial charge in [0.1, 0.15) is 33.0 Å². The van der Waals surface area contributed by atoms with Crippen LogP contribution in [-0.4, -0.2) is 116 Å². The predicted octanol–water partition coefficient (Wildman–Crippen LogP) is 9.91. The van der Waals surface area contributed by atoms with E-state index in [0.29, 0.717) is 45.0 Å². The van der Waals surface area contributed by atoms with Crippen LogP contribution in [0.4, 0.5) is 4.79 Å². The molecule has 0 saturated carbocycles. The third-order valence-corrected chi connectivity index (χ3v) is 20.3. The van der Waals surface area contributed by atoms with Crippen molar-refractivity contribution in [1.82, 2.24) is 34.4 Å². The topological polar surface area (TPSA) is 185 Å². The van der Waals surface area contributed by atoms with Crippen LogP contribution in [0, 0.1) is 0 Å². The number of thioether (sulfide) groups is 1. The second-order valence-corrected chi connectivity index (χ2v) is 31.7. The summed E-state index contributed by atoms with van der Waals surface area (Å²) >= 11 is 3.23. The minimum atomic E-state index is -4.92. The molecule has 72 heavy (non-hydrogen) atoms. The molecule has 1 aliphatic heterocycles. The number of fused-ring (bicyclic) bond motifs is 1. The molecule has 380 valence electrons. The number of carbonyl (C=O) groups is 1. The molecule has 0 atom stereocenters. The second-order valence-electron chi connectivity index (χ2n) is 19.6. The number of sulfonamides is 1. The fraction of sp³-hybridized carbons (Fsp3) is 0.353. The van der Waals surface area contributed by atoms with Gasteiger partial charge in [0.2, 0.25) is 15.8 Å². The van der Waals surface area contributed by atoms with E-state index in [9.17, 15) is 4.79 Å². The van der Waals surface area contributed by atoms with E-state index in [-0.39, 0.29) is 44.1 Å². The zero-order valence-corrected chi connectivity index (χ0v) is 46.0. The summed E-state index contributed by atoms with van der Waals surface area (Å²) in [7, 11) is -6.15. The highest BCUT2D eigenvalue weighted by Crippen LogP contribution is 2.45. The van der Waals surface area contributed by atoms with Crippen LogP contribution in [0.15, 0.2) is 117 Å². The predicted molar refractivity (Wildman–Crippen MR) is 284 cm³/mol. The van der Waals surface area contributed by atoms with Crippen LogP contribution >= 0.6 is 23.1 Å². The van der Waals surface area contributed by atoms with Gasteiger partial charge in [-0.05, 0) is 109 Å². The molecule has 0 aliphatic carbocycles. The molecule has 0 N–H and O–H groups in total. The normalized spacial score (nSPS) is 13.6. The Balaban J connectivity index is 1.36. The molecular formula is C51H59N7O9S4Si. The maximum absolute atomic E-state index is 16.3. The smallest absolute Gasteiger partial charge is 0.410 e. The van der Waals surface area contributed by atoms with Crippen molar-refractivity contribution in [3.8, 4) is 39.8 Å². The zero-order valence-electron chi connectivity index (χ0n) is 41.8. The van der Waals surface area contributed by atoms with Crippen LogP contribution in [0.5, 0.6) is 17.2 Å². The summed E-state index contributed by atoms with van der Waals surface area (Å²) in [5, 5.41) is 12.6. The molecule has 8 rings (SSSR count). The number of carbonyl (C=O) groups excluding carboxylic acids is 1. The Labute approximate surface area is 430 Å². The second kappa shape index (κ2) is 21.3. The molecule has 5 aromatic carbocycles. The molecule has 1 fully saturated rings. The number of amides is 1. The minimum Gasteiger partial charge on any atom is -0.497 e. The number of hydrogen-bond acceptors (Lipinski definition) is 15.